The number of H-pyrrole nitrogens is 1. The first kappa shape index (κ1) is 15.9. The van der Waals surface area contributed by atoms with E-state index in [0.29, 0.717) is 0 Å². The van der Waals surface area contributed by atoms with E-state index in [4.69, 9.17) is 0 Å². The smallest absolute Gasteiger partial charge is 0.270 e. The van der Waals surface area contributed by atoms with Crippen LogP contribution in [0.1, 0.15) is 37.5 Å². The minimum Gasteiger partial charge on any atom is -0.270 e. The molecule has 1 N–H and O–H groups in total. The monoisotopic (exact) mass is 327 g/mol. The Morgan fingerprint density at radius 2 is 2.00 bits per heavy atom. The zero-order chi connectivity index (χ0) is 16.2. The molecular weight excluding hydrogens is 306 g/mol. The van der Waals surface area contributed by atoms with E-state index in [9.17, 15) is 4.79 Å². The lowest BCUT2D eigenvalue weighted by molar-refractivity contribution is 0.572. The molecule has 2 aromatic carbocycles. The predicted molar refractivity (Wildman–Crippen MR) is 96.0 cm³/mol. The summed E-state index contributed by atoms with van der Waals surface area (Å²) in [5.41, 5.74) is 1.12. The number of hydrogen-bond donors (Lipinski definition) is 1. The van der Waals surface area contributed by atoms with E-state index < -0.39 is 0 Å². The summed E-state index contributed by atoms with van der Waals surface area (Å²) in [6, 6.07) is 14.9. The Hall–Kier alpha value is -2.01. The molecule has 0 saturated carbocycles. The van der Waals surface area contributed by atoms with Crippen LogP contribution in [0.15, 0.2) is 52.4 Å². The molecule has 0 spiro atoms. The fraction of sp³-hybridized carbons (Fsp3) is 0.333. The highest BCUT2D eigenvalue weighted by molar-refractivity contribution is 7.99. The highest BCUT2D eigenvalue weighted by Gasteiger charge is 2.14. The molecule has 0 fully saturated rings. The number of fused-ring (bicyclic) bond motifs is 1. The third-order valence-corrected chi connectivity index (χ3v) is 5.13. The van der Waals surface area contributed by atoms with Crippen LogP contribution in [0, 0.1) is 0 Å². The van der Waals surface area contributed by atoms with Crippen LogP contribution in [0.2, 0.25) is 0 Å². The van der Waals surface area contributed by atoms with Gasteiger partial charge in [-0.15, -0.1) is 5.10 Å². The van der Waals surface area contributed by atoms with E-state index in [0.717, 1.165) is 24.5 Å². The molecule has 4 nitrogen and oxygen atoms in total. The van der Waals surface area contributed by atoms with Gasteiger partial charge in [0.25, 0.3) is 0 Å². The number of hydrogen-bond acceptors (Lipinski definition) is 3. The van der Waals surface area contributed by atoms with Gasteiger partial charge < -0.3 is 0 Å². The van der Waals surface area contributed by atoms with Gasteiger partial charge in [0.1, 0.15) is 0 Å². The van der Waals surface area contributed by atoms with Gasteiger partial charge in [-0.2, -0.15) is 0 Å². The minimum absolute atomic E-state index is 0.119. The second kappa shape index (κ2) is 7.04. The topological polar surface area (TPSA) is 50.7 Å². The van der Waals surface area contributed by atoms with Gasteiger partial charge in [0.05, 0.1) is 0 Å². The first-order chi connectivity index (χ1) is 11.2. The van der Waals surface area contributed by atoms with Crippen LogP contribution in [-0.4, -0.2) is 14.8 Å². The van der Waals surface area contributed by atoms with Gasteiger partial charge in [-0.05, 0) is 29.7 Å². The van der Waals surface area contributed by atoms with E-state index >= 15 is 0 Å². The fourth-order valence-corrected chi connectivity index (χ4v) is 3.59. The summed E-state index contributed by atoms with van der Waals surface area (Å²) in [7, 11) is 0. The summed E-state index contributed by atoms with van der Waals surface area (Å²) in [4.78, 5) is 11.9. The molecule has 1 heterocycles. The number of aromatic nitrogens is 3. The Balaban J connectivity index is 1.83. The van der Waals surface area contributed by atoms with Crippen LogP contribution in [0.25, 0.3) is 10.8 Å². The maximum absolute atomic E-state index is 11.9. The highest BCUT2D eigenvalue weighted by Crippen LogP contribution is 2.34. The van der Waals surface area contributed by atoms with Crippen molar-refractivity contribution in [1.29, 1.82) is 0 Å². The van der Waals surface area contributed by atoms with Crippen LogP contribution < -0.4 is 5.69 Å². The third kappa shape index (κ3) is 3.50. The Morgan fingerprint density at radius 3 is 2.78 bits per heavy atom. The van der Waals surface area contributed by atoms with E-state index in [1.165, 1.54) is 16.3 Å². The zero-order valence-electron chi connectivity index (χ0n) is 13.5. The Kier molecular flexibility index (Phi) is 4.86. The van der Waals surface area contributed by atoms with Crippen LogP contribution in [0.4, 0.5) is 0 Å². The molecule has 1 atom stereocenters. The molecule has 120 valence electrons. The van der Waals surface area contributed by atoms with E-state index in [2.05, 4.69) is 66.5 Å². The van der Waals surface area contributed by atoms with Crippen molar-refractivity contribution in [3.05, 3.63) is 58.5 Å². The summed E-state index contributed by atoms with van der Waals surface area (Å²) in [6.45, 7) is 4.99. The van der Waals surface area contributed by atoms with Crippen LogP contribution in [0.3, 0.4) is 0 Å². The van der Waals surface area contributed by atoms with Gasteiger partial charge in [-0.3, -0.25) is 4.57 Å². The van der Waals surface area contributed by atoms with Crippen molar-refractivity contribution in [2.45, 2.75) is 43.6 Å². The molecule has 0 amide bonds. The molecule has 3 aromatic rings. The molecule has 0 radical (unpaired) electrons. The van der Waals surface area contributed by atoms with Crippen molar-refractivity contribution in [3.8, 4) is 0 Å². The average molecular weight is 327 g/mol. The van der Waals surface area contributed by atoms with Crippen LogP contribution in [0.5, 0.6) is 0 Å². The molecule has 0 aliphatic rings. The number of rotatable bonds is 6. The Morgan fingerprint density at radius 1 is 1.22 bits per heavy atom. The number of aromatic amines is 1. The minimum atomic E-state index is -0.119. The maximum Gasteiger partial charge on any atom is 0.343 e. The van der Waals surface area contributed by atoms with Gasteiger partial charge in [0.2, 0.25) is 0 Å². The second-order valence-corrected chi connectivity index (χ2v) is 6.99. The maximum atomic E-state index is 11.9. The summed E-state index contributed by atoms with van der Waals surface area (Å²) in [5, 5.41) is 10.2. The zero-order valence-corrected chi connectivity index (χ0v) is 14.3. The number of nitrogens with one attached hydrogen (secondary N) is 1. The van der Waals surface area contributed by atoms with E-state index in [1.807, 2.05) is 0 Å². The molecule has 3 rings (SSSR count). The molecule has 0 bridgehead atoms. The second-order valence-electron chi connectivity index (χ2n) is 5.68. The van der Waals surface area contributed by atoms with Gasteiger partial charge in [0, 0.05) is 11.8 Å². The van der Waals surface area contributed by atoms with Gasteiger partial charge in [0.15, 0.2) is 5.16 Å². The molecular formula is C18H21N3OS. The largest absolute Gasteiger partial charge is 0.343 e. The summed E-state index contributed by atoms with van der Waals surface area (Å²) >= 11 is 1.62. The van der Waals surface area contributed by atoms with Crippen molar-refractivity contribution >= 4 is 22.5 Å². The quantitative estimate of drug-likeness (QED) is 0.684. The highest BCUT2D eigenvalue weighted by atomic mass is 32.2. The number of thioether (sulfide) groups is 1. The van der Waals surface area contributed by atoms with Crippen LogP contribution in [-0.2, 0) is 6.54 Å². The van der Waals surface area contributed by atoms with Crippen molar-refractivity contribution in [2.75, 3.05) is 0 Å². The Bertz CT molecular complexity index is 853. The lowest BCUT2D eigenvalue weighted by atomic mass is 10.1. The van der Waals surface area contributed by atoms with Crippen molar-refractivity contribution in [2.24, 2.45) is 0 Å². The van der Waals surface area contributed by atoms with Gasteiger partial charge in [-0.1, -0.05) is 67.6 Å². The summed E-state index contributed by atoms with van der Waals surface area (Å²) in [6.07, 6.45) is 2.04. The Labute approximate surface area is 139 Å². The van der Waals surface area contributed by atoms with E-state index in [1.54, 1.807) is 16.3 Å². The number of nitrogens with zero attached hydrogens (tertiary/aromatic N) is 2. The van der Waals surface area contributed by atoms with E-state index in [-0.39, 0.29) is 10.9 Å². The van der Waals surface area contributed by atoms with Gasteiger partial charge in [-0.25, -0.2) is 9.89 Å². The molecule has 1 unspecified atom stereocenters. The predicted octanol–water partition coefficient (Wildman–Crippen LogP) is 4.38. The first-order valence-corrected chi connectivity index (χ1v) is 8.87. The van der Waals surface area contributed by atoms with Crippen molar-refractivity contribution in [3.63, 3.8) is 0 Å². The normalized spacial score (nSPS) is 12.6. The molecule has 0 aliphatic carbocycles. The van der Waals surface area contributed by atoms with Crippen molar-refractivity contribution in [1.82, 2.24) is 14.8 Å². The first-order valence-electron chi connectivity index (χ1n) is 7.99. The fourth-order valence-electron chi connectivity index (χ4n) is 2.59. The van der Waals surface area contributed by atoms with Crippen LogP contribution >= 0.6 is 11.8 Å². The SMILES string of the molecule is CCCCn1c(SC(C)c2ccc3ccccc3c2)n[nH]c1=O. The molecule has 5 heteroatoms. The lowest BCUT2D eigenvalue weighted by Gasteiger charge is -2.12. The number of benzene rings is 2. The molecule has 0 saturated heterocycles. The molecule has 23 heavy (non-hydrogen) atoms. The average Bonchev–Trinajstić information content (AvgIpc) is 2.92. The summed E-state index contributed by atoms with van der Waals surface area (Å²) < 4.78 is 1.74. The van der Waals surface area contributed by atoms with Crippen molar-refractivity contribution < 1.29 is 0 Å². The lowest BCUT2D eigenvalue weighted by Crippen LogP contribution is -2.17. The number of unbranched alkanes of at least 4 members (excludes halogenated alkanes) is 1. The molecule has 1 aromatic heterocycles. The third-order valence-electron chi connectivity index (χ3n) is 3.98. The van der Waals surface area contributed by atoms with Gasteiger partial charge >= 0.3 is 5.69 Å². The molecule has 0 aliphatic heterocycles. The summed E-state index contributed by atoms with van der Waals surface area (Å²) in [5.74, 6) is 0. The standard InChI is InChI=1S/C18H21N3OS/c1-3-4-11-21-17(22)19-20-18(21)23-13(2)15-10-9-14-7-5-6-8-16(14)12-15/h5-10,12-13H,3-4,11H2,1-2H3,(H,19,22).